The number of rotatable bonds is 5. The molecule has 1 aliphatic rings. The fourth-order valence-corrected chi connectivity index (χ4v) is 1.43. The van der Waals surface area contributed by atoms with Gasteiger partial charge in [0.25, 0.3) is 0 Å². The van der Waals surface area contributed by atoms with Crippen molar-refractivity contribution in [2.75, 3.05) is 19.6 Å². The van der Waals surface area contributed by atoms with Crippen LogP contribution < -0.4 is 5.32 Å². The van der Waals surface area contributed by atoms with Gasteiger partial charge in [-0.2, -0.15) is 0 Å². The van der Waals surface area contributed by atoms with Crippen molar-refractivity contribution in [1.29, 1.82) is 0 Å². The molecule has 0 spiro atoms. The molecular weight excluding hydrogens is 184 g/mol. The third-order valence-electron chi connectivity index (χ3n) is 2.35. The molecule has 1 fully saturated rings. The van der Waals surface area contributed by atoms with Gasteiger partial charge in [-0.3, -0.25) is 9.69 Å². The summed E-state index contributed by atoms with van der Waals surface area (Å²) >= 11 is 0. The Morgan fingerprint density at radius 2 is 2.14 bits per heavy atom. The molecule has 0 atom stereocenters. The molecule has 14 heavy (non-hydrogen) atoms. The van der Waals surface area contributed by atoms with Crippen LogP contribution in [0.25, 0.3) is 0 Å². The zero-order valence-electron chi connectivity index (χ0n) is 8.32. The number of carbonyl (C=O) groups is 2. The summed E-state index contributed by atoms with van der Waals surface area (Å²) in [6.07, 6.45) is 2.45. The van der Waals surface area contributed by atoms with E-state index in [1.165, 1.54) is 12.8 Å². The molecule has 1 rings (SSSR count). The van der Waals surface area contributed by atoms with E-state index in [9.17, 15) is 9.59 Å². The largest absolute Gasteiger partial charge is 0.474 e. The van der Waals surface area contributed by atoms with Crippen molar-refractivity contribution >= 4 is 11.9 Å². The minimum atomic E-state index is -1.42. The Hall–Kier alpha value is -1.10. The molecule has 5 nitrogen and oxygen atoms in total. The van der Waals surface area contributed by atoms with Crippen LogP contribution in [0.1, 0.15) is 19.8 Å². The number of carboxylic acid groups (broad SMARTS) is 1. The second kappa shape index (κ2) is 4.95. The first-order valence-corrected chi connectivity index (χ1v) is 4.90. The van der Waals surface area contributed by atoms with Crippen molar-refractivity contribution in [3.8, 4) is 0 Å². The fourth-order valence-electron chi connectivity index (χ4n) is 1.43. The van der Waals surface area contributed by atoms with Gasteiger partial charge in [-0.05, 0) is 19.4 Å². The molecular formula is C9H16N2O3. The molecule has 5 heteroatoms. The molecule has 0 aromatic carbocycles. The quantitative estimate of drug-likeness (QED) is 0.596. The monoisotopic (exact) mass is 200 g/mol. The van der Waals surface area contributed by atoms with E-state index in [2.05, 4.69) is 17.1 Å². The lowest BCUT2D eigenvalue weighted by molar-refractivity contribution is -0.150. The molecule has 0 bridgehead atoms. The van der Waals surface area contributed by atoms with Crippen molar-refractivity contribution in [3.05, 3.63) is 0 Å². The Bertz CT molecular complexity index is 226. The molecule has 2 N–H and O–H groups in total. The van der Waals surface area contributed by atoms with Crippen LogP contribution in [-0.4, -0.2) is 47.6 Å². The number of likely N-dealkylation sites (N-methyl/N-ethyl adjacent to an activating group) is 1. The van der Waals surface area contributed by atoms with E-state index >= 15 is 0 Å². The van der Waals surface area contributed by atoms with Crippen LogP contribution in [-0.2, 0) is 9.59 Å². The summed E-state index contributed by atoms with van der Waals surface area (Å²) in [5.41, 5.74) is 0. The number of carboxylic acids is 1. The summed E-state index contributed by atoms with van der Waals surface area (Å²) in [6.45, 7) is 4.17. The molecule has 1 saturated carbocycles. The van der Waals surface area contributed by atoms with Gasteiger partial charge in [0.2, 0.25) is 0 Å². The highest BCUT2D eigenvalue weighted by Crippen LogP contribution is 2.25. The average molecular weight is 200 g/mol. The van der Waals surface area contributed by atoms with Crippen molar-refractivity contribution < 1.29 is 14.7 Å². The lowest BCUT2D eigenvalue weighted by atomic mass is 10.4. The highest BCUT2D eigenvalue weighted by molar-refractivity contribution is 6.31. The summed E-state index contributed by atoms with van der Waals surface area (Å²) in [6, 6.07) is 0.654. The third-order valence-corrected chi connectivity index (χ3v) is 2.35. The zero-order chi connectivity index (χ0) is 10.6. The Labute approximate surface area is 83.1 Å². The number of nitrogens with one attached hydrogen (secondary N) is 1. The van der Waals surface area contributed by atoms with Gasteiger partial charge in [0.15, 0.2) is 0 Å². The average Bonchev–Trinajstić information content (AvgIpc) is 2.95. The molecule has 0 aromatic rings. The minimum absolute atomic E-state index is 0.412. The van der Waals surface area contributed by atoms with Crippen LogP contribution in [0, 0.1) is 0 Å². The van der Waals surface area contributed by atoms with Gasteiger partial charge < -0.3 is 10.4 Å². The van der Waals surface area contributed by atoms with Crippen molar-refractivity contribution in [2.24, 2.45) is 0 Å². The second-order valence-electron chi connectivity index (χ2n) is 3.42. The van der Waals surface area contributed by atoms with Crippen LogP contribution in [0.4, 0.5) is 0 Å². The van der Waals surface area contributed by atoms with Crippen LogP contribution in [0.5, 0.6) is 0 Å². The third kappa shape index (κ3) is 3.33. The summed E-state index contributed by atoms with van der Waals surface area (Å²) in [5.74, 6) is -2.34. The first kappa shape index (κ1) is 11.0. The second-order valence-corrected chi connectivity index (χ2v) is 3.42. The van der Waals surface area contributed by atoms with Gasteiger partial charge in [-0.1, -0.05) is 6.92 Å². The van der Waals surface area contributed by atoms with Crippen molar-refractivity contribution in [2.45, 2.75) is 25.8 Å². The van der Waals surface area contributed by atoms with Gasteiger partial charge in [0, 0.05) is 19.1 Å². The van der Waals surface area contributed by atoms with E-state index in [0.717, 1.165) is 13.1 Å². The number of carbonyl (C=O) groups excluding carboxylic acids is 1. The maximum absolute atomic E-state index is 10.7. The standard InChI is InChI=1S/C9H16N2O3/c1-2-11(7-3-4-7)6-5-10-8(12)9(13)14/h7H,2-6H2,1H3,(H,10,12)(H,13,14). The SMILES string of the molecule is CCN(CCNC(=O)C(=O)O)C1CC1. The Morgan fingerprint density at radius 3 is 2.57 bits per heavy atom. The number of amides is 1. The summed E-state index contributed by atoms with van der Waals surface area (Å²) in [4.78, 5) is 23.1. The molecule has 0 aromatic heterocycles. The predicted molar refractivity (Wildman–Crippen MR) is 50.9 cm³/mol. The van der Waals surface area contributed by atoms with Gasteiger partial charge in [-0.15, -0.1) is 0 Å². The molecule has 0 unspecified atom stereocenters. The number of aliphatic carboxylic acids is 1. The molecule has 0 heterocycles. The maximum Gasteiger partial charge on any atom is 0.394 e. The van der Waals surface area contributed by atoms with Crippen LogP contribution in [0.2, 0.25) is 0 Å². The molecule has 0 aliphatic heterocycles. The Kier molecular flexibility index (Phi) is 3.88. The first-order valence-electron chi connectivity index (χ1n) is 4.90. The predicted octanol–water partition coefficient (Wildman–Crippen LogP) is -0.328. The van der Waals surface area contributed by atoms with E-state index in [-0.39, 0.29) is 0 Å². The molecule has 0 saturated heterocycles. The normalized spacial score (nSPS) is 15.6. The summed E-state index contributed by atoms with van der Waals surface area (Å²) in [7, 11) is 0. The molecule has 0 radical (unpaired) electrons. The van der Waals surface area contributed by atoms with Crippen LogP contribution in [0.3, 0.4) is 0 Å². The smallest absolute Gasteiger partial charge is 0.394 e. The van der Waals surface area contributed by atoms with E-state index in [1.807, 2.05) is 0 Å². The lowest BCUT2D eigenvalue weighted by Gasteiger charge is -2.19. The molecule has 1 aliphatic carbocycles. The van der Waals surface area contributed by atoms with Gasteiger partial charge in [0.1, 0.15) is 0 Å². The topological polar surface area (TPSA) is 69.6 Å². The van der Waals surface area contributed by atoms with Gasteiger partial charge >= 0.3 is 11.9 Å². The minimum Gasteiger partial charge on any atom is -0.474 e. The summed E-state index contributed by atoms with van der Waals surface area (Å²) in [5, 5.41) is 10.6. The highest BCUT2D eigenvalue weighted by Gasteiger charge is 2.27. The maximum atomic E-state index is 10.7. The number of hydrogen-bond donors (Lipinski definition) is 2. The molecule has 80 valence electrons. The number of nitrogens with zero attached hydrogens (tertiary/aromatic N) is 1. The summed E-state index contributed by atoms with van der Waals surface area (Å²) < 4.78 is 0. The van der Waals surface area contributed by atoms with E-state index in [4.69, 9.17) is 5.11 Å². The van der Waals surface area contributed by atoms with Gasteiger partial charge in [-0.25, -0.2) is 4.79 Å². The van der Waals surface area contributed by atoms with Gasteiger partial charge in [0.05, 0.1) is 0 Å². The van der Waals surface area contributed by atoms with Crippen molar-refractivity contribution in [3.63, 3.8) is 0 Å². The van der Waals surface area contributed by atoms with Crippen molar-refractivity contribution in [1.82, 2.24) is 10.2 Å². The van der Waals surface area contributed by atoms with E-state index < -0.39 is 11.9 Å². The number of hydrogen-bond acceptors (Lipinski definition) is 3. The zero-order valence-corrected chi connectivity index (χ0v) is 8.32. The first-order chi connectivity index (χ1) is 6.65. The Balaban J connectivity index is 2.12. The Morgan fingerprint density at radius 1 is 1.50 bits per heavy atom. The van der Waals surface area contributed by atoms with E-state index in [0.29, 0.717) is 12.6 Å². The molecule has 1 amide bonds. The highest BCUT2D eigenvalue weighted by atomic mass is 16.4. The fraction of sp³-hybridized carbons (Fsp3) is 0.778. The van der Waals surface area contributed by atoms with Crippen LogP contribution >= 0.6 is 0 Å². The van der Waals surface area contributed by atoms with Crippen LogP contribution in [0.15, 0.2) is 0 Å². The lowest BCUT2D eigenvalue weighted by Crippen LogP contribution is -2.38. The van der Waals surface area contributed by atoms with E-state index in [1.54, 1.807) is 0 Å².